The molecule has 0 aromatic heterocycles. The molecule has 202 valence electrons. The summed E-state index contributed by atoms with van der Waals surface area (Å²) < 4.78 is 15.7. The van der Waals surface area contributed by atoms with Crippen LogP contribution >= 0.6 is 0 Å². The minimum absolute atomic E-state index is 0.0825. The first-order valence-electron chi connectivity index (χ1n) is 11.3. The van der Waals surface area contributed by atoms with Gasteiger partial charge in [0, 0.05) is 12.7 Å². The van der Waals surface area contributed by atoms with E-state index in [4.69, 9.17) is 14.2 Å². The fourth-order valence-electron chi connectivity index (χ4n) is 4.26. The summed E-state index contributed by atoms with van der Waals surface area (Å²) in [7, 11) is 1.20. The number of ether oxygens (including phenoxy) is 3. The van der Waals surface area contributed by atoms with E-state index in [1.807, 2.05) is 0 Å². The largest absolute Gasteiger partial charge is 0.504 e. The molecule has 11 atom stereocenters. The summed E-state index contributed by atoms with van der Waals surface area (Å²) >= 11 is 0. The number of aromatic hydroxyl groups is 1. The van der Waals surface area contributed by atoms with Gasteiger partial charge in [0.2, 0.25) is 12.2 Å². The molecule has 0 bridgehead atoms. The van der Waals surface area contributed by atoms with Gasteiger partial charge < -0.3 is 60.4 Å². The Hall–Kier alpha value is -2.33. The van der Waals surface area contributed by atoms with Crippen LogP contribution in [0.4, 0.5) is 0 Å². The van der Waals surface area contributed by atoms with Crippen LogP contribution < -0.4 is 10.1 Å². The van der Waals surface area contributed by atoms with Gasteiger partial charge in [0.1, 0.15) is 48.8 Å². The molecule has 1 heterocycles. The Kier molecular flexibility index (Phi) is 8.93. The first kappa shape index (κ1) is 28.2. The second-order valence-corrected chi connectivity index (χ2v) is 9.03. The molecule has 1 aliphatic heterocycles. The summed E-state index contributed by atoms with van der Waals surface area (Å²) in [6, 6.07) is 2.71. The number of methoxy groups -OCH3 is 1. The molecule has 0 spiro atoms. The lowest BCUT2D eigenvalue weighted by Crippen LogP contribution is -2.68. The van der Waals surface area contributed by atoms with E-state index in [0.717, 1.165) is 0 Å². The highest BCUT2D eigenvalue weighted by Crippen LogP contribution is 2.33. The van der Waals surface area contributed by atoms with Crippen LogP contribution in [0.15, 0.2) is 23.8 Å². The van der Waals surface area contributed by atoms with Crippen molar-refractivity contribution >= 4 is 12.0 Å². The number of amides is 1. The van der Waals surface area contributed by atoms with Gasteiger partial charge in [-0.1, -0.05) is 6.07 Å². The number of phenols is 1. The second-order valence-electron chi connectivity index (χ2n) is 9.03. The molecule has 13 nitrogen and oxygen atoms in total. The molecule has 1 aromatic rings. The predicted octanol–water partition coefficient (Wildman–Crippen LogP) is -3.04. The lowest BCUT2D eigenvalue weighted by molar-refractivity contribution is -0.199. The zero-order chi connectivity index (χ0) is 26.9. The van der Waals surface area contributed by atoms with E-state index in [1.54, 1.807) is 0 Å². The Morgan fingerprint density at radius 2 is 1.64 bits per heavy atom. The minimum atomic E-state index is -1.61. The molecular formula is C23H33NO12. The second kappa shape index (κ2) is 11.4. The van der Waals surface area contributed by atoms with Crippen LogP contribution in [-0.2, 0) is 14.3 Å². The number of nitrogens with one attached hydrogen (secondary N) is 1. The zero-order valence-corrected chi connectivity index (χ0v) is 19.9. The van der Waals surface area contributed by atoms with E-state index in [2.05, 4.69) is 5.32 Å². The van der Waals surface area contributed by atoms with Crippen molar-refractivity contribution in [2.45, 2.75) is 81.1 Å². The summed E-state index contributed by atoms with van der Waals surface area (Å²) in [5.41, 5.74) is 0.476. The fraction of sp³-hybridized carbons (Fsp3) is 0.609. The maximum absolute atomic E-state index is 12.6. The number of aliphatic hydroxyl groups excluding tert-OH is 7. The van der Waals surface area contributed by atoms with Crippen molar-refractivity contribution < 1.29 is 59.9 Å². The van der Waals surface area contributed by atoms with Crippen LogP contribution in [0, 0.1) is 0 Å². The molecule has 1 aliphatic carbocycles. The molecule has 1 saturated heterocycles. The zero-order valence-electron chi connectivity index (χ0n) is 19.9. The highest BCUT2D eigenvalue weighted by Gasteiger charge is 2.50. The van der Waals surface area contributed by atoms with Crippen LogP contribution in [0.5, 0.6) is 11.5 Å². The third-order valence-corrected chi connectivity index (χ3v) is 6.38. The number of benzene rings is 1. The maximum Gasteiger partial charge on any atom is 0.247 e. The van der Waals surface area contributed by atoms with E-state index in [-0.39, 0.29) is 17.1 Å². The van der Waals surface area contributed by atoms with Gasteiger partial charge in [0.05, 0.1) is 12.1 Å². The van der Waals surface area contributed by atoms with Gasteiger partial charge in [0.15, 0.2) is 11.5 Å². The van der Waals surface area contributed by atoms with Crippen molar-refractivity contribution in [3.05, 3.63) is 29.3 Å². The molecule has 1 saturated carbocycles. The fourth-order valence-corrected chi connectivity index (χ4v) is 4.26. The molecular weight excluding hydrogens is 482 g/mol. The van der Waals surface area contributed by atoms with Crippen molar-refractivity contribution in [1.29, 1.82) is 0 Å². The van der Waals surface area contributed by atoms with Gasteiger partial charge >= 0.3 is 0 Å². The topological polar surface area (TPSA) is 219 Å². The molecule has 13 heteroatoms. The van der Waals surface area contributed by atoms with Crippen LogP contribution in [0.2, 0.25) is 0 Å². The van der Waals surface area contributed by atoms with Crippen LogP contribution in [0.1, 0.15) is 19.4 Å². The standard InChI is InChI=1S/C23H33NO12/c1-8(22(33)24-13-14(27)16(29)21(34-3)17(30)15(13)28)6-10-4-5-12(11(26)7-10)35-23-19(32)18(31)20(36-23)9(2)25/h4-7,9,13-21,23,25-32H,1-3H3,(H,24,33)/b8-6+/t9-,13?,14-,15+,16+,17-,18-,19-,20+,21?,23+/m0/s1. The van der Waals surface area contributed by atoms with Gasteiger partial charge in [-0.3, -0.25) is 4.79 Å². The van der Waals surface area contributed by atoms with E-state index in [0.29, 0.717) is 5.56 Å². The molecule has 1 aromatic carbocycles. The van der Waals surface area contributed by atoms with Gasteiger partial charge in [0.25, 0.3) is 0 Å². The molecule has 9 N–H and O–H groups in total. The molecule has 3 rings (SSSR count). The Morgan fingerprint density at radius 3 is 2.14 bits per heavy atom. The summed E-state index contributed by atoms with van der Waals surface area (Å²) in [6.45, 7) is 2.82. The van der Waals surface area contributed by atoms with Crippen molar-refractivity contribution in [3.63, 3.8) is 0 Å². The van der Waals surface area contributed by atoms with Crippen LogP contribution in [0.3, 0.4) is 0 Å². The van der Waals surface area contributed by atoms with Crippen molar-refractivity contribution in [1.82, 2.24) is 5.32 Å². The average Bonchev–Trinajstić information content (AvgIpc) is 3.11. The van der Waals surface area contributed by atoms with Gasteiger partial charge in [-0.25, -0.2) is 0 Å². The Morgan fingerprint density at radius 1 is 1.03 bits per heavy atom. The van der Waals surface area contributed by atoms with E-state index in [9.17, 15) is 45.6 Å². The highest BCUT2D eigenvalue weighted by atomic mass is 16.7. The van der Waals surface area contributed by atoms with E-state index >= 15 is 0 Å². The number of hydrogen-bond donors (Lipinski definition) is 9. The summed E-state index contributed by atoms with van der Waals surface area (Å²) in [6.07, 6.45) is -12.5. The molecule has 0 radical (unpaired) electrons. The van der Waals surface area contributed by atoms with Crippen molar-refractivity contribution in [2.24, 2.45) is 0 Å². The van der Waals surface area contributed by atoms with Crippen molar-refractivity contribution in [3.8, 4) is 11.5 Å². The molecule has 2 fully saturated rings. The molecule has 1 amide bonds. The first-order valence-corrected chi connectivity index (χ1v) is 11.3. The van der Waals surface area contributed by atoms with Gasteiger partial charge in [-0.05, 0) is 37.6 Å². The normalized spacial score (nSPS) is 38.0. The van der Waals surface area contributed by atoms with Crippen molar-refractivity contribution in [2.75, 3.05) is 7.11 Å². The lowest BCUT2D eigenvalue weighted by atomic mass is 9.83. The summed E-state index contributed by atoms with van der Waals surface area (Å²) in [5, 5.41) is 83.1. The number of rotatable bonds is 7. The number of carbonyl (C=O) groups is 1. The predicted molar refractivity (Wildman–Crippen MR) is 121 cm³/mol. The third kappa shape index (κ3) is 5.64. The maximum atomic E-state index is 12.6. The van der Waals surface area contributed by atoms with Crippen LogP contribution in [0.25, 0.3) is 6.08 Å². The number of aliphatic hydroxyl groups is 7. The Balaban J connectivity index is 1.67. The Bertz CT molecular complexity index is 939. The van der Waals surface area contributed by atoms with Gasteiger partial charge in [-0.15, -0.1) is 0 Å². The van der Waals surface area contributed by atoms with Crippen LogP contribution in [-0.4, -0.2) is 121 Å². The van der Waals surface area contributed by atoms with E-state index < -0.39 is 73.2 Å². The SMILES string of the molecule is COC1[C@@H](O)[C@H](O)C(NC(=O)/C(C)=C/c2ccc(O[C@@H]3O[C@H]([C@H](C)O)[C@@H](O)[C@@H]3O)c(O)c2)[C@H](O)[C@H]1O. The molecule has 2 aliphatic rings. The third-order valence-electron chi connectivity index (χ3n) is 6.38. The number of hydrogen-bond acceptors (Lipinski definition) is 12. The lowest BCUT2D eigenvalue weighted by Gasteiger charge is -2.43. The minimum Gasteiger partial charge on any atom is -0.504 e. The quantitative estimate of drug-likeness (QED) is 0.166. The average molecular weight is 516 g/mol. The molecule has 36 heavy (non-hydrogen) atoms. The van der Waals surface area contributed by atoms with Gasteiger partial charge in [-0.2, -0.15) is 0 Å². The summed E-state index contributed by atoms with van der Waals surface area (Å²) in [5.74, 6) is -1.16. The molecule has 2 unspecified atom stereocenters. The Labute approximate surface area is 206 Å². The number of carbonyl (C=O) groups excluding carboxylic acids is 1. The number of phenolic OH excluding ortho intramolecular Hbond substituents is 1. The highest BCUT2D eigenvalue weighted by molar-refractivity contribution is 5.97. The monoisotopic (exact) mass is 515 g/mol. The van der Waals surface area contributed by atoms with E-state index in [1.165, 1.54) is 45.2 Å². The smallest absolute Gasteiger partial charge is 0.247 e. The summed E-state index contributed by atoms with van der Waals surface area (Å²) in [4.78, 5) is 12.6. The first-order chi connectivity index (χ1) is 16.9.